The quantitative estimate of drug-likeness (QED) is 0.458. The van der Waals surface area contributed by atoms with Gasteiger partial charge in [-0.15, -0.1) is 0 Å². The summed E-state index contributed by atoms with van der Waals surface area (Å²) in [4.78, 5) is 31.7. The van der Waals surface area contributed by atoms with Crippen molar-refractivity contribution in [3.8, 4) is 5.75 Å². The number of fused-ring (bicyclic) bond motifs is 1. The highest BCUT2D eigenvalue weighted by Gasteiger charge is 2.25. The Morgan fingerprint density at radius 3 is 2.93 bits per heavy atom. The minimum absolute atomic E-state index is 0.0573. The largest absolute Gasteiger partial charge is 0.486 e. The number of aryl methyl sites for hydroxylation is 1. The van der Waals surface area contributed by atoms with Gasteiger partial charge in [0.25, 0.3) is 0 Å². The van der Waals surface area contributed by atoms with Crippen LogP contribution in [0.4, 0.5) is 4.79 Å². The molecule has 30 heavy (non-hydrogen) atoms. The summed E-state index contributed by atoms with van der Waals surface area (Å²) in [7, 11) is 0. The van der Waals surface area contributed by atoms with Crippen LogP contribution in [-0.2, 0) is 0 Å². The molecule has 3 aromatic rings. The summed E-state index contributed by atoms with van der Waals surface area (Å²) in [6.45, 7) is 1.59. The zero-order valence-corrected chi connectivity index (χ0v) is 16.8. The Kier molecular flexibility index (Phi) is 5.41. The van der Waals surface area contributed by atoms with Crippen LogP contribution in [0, 0.1) is 6.92 Å². The lowest BCUT2D eigenvalue weighted by atomic mass is 10.1. The van der Waals surface area contributed by atoms with Gasteiger partial charge < -0.3 is 19.7 Å². The van der Waals surface area contributed by atoms with E-state index in [0.29, 0.717) is 17.2 Å². The van der Waals surface area contributed by atoms with Gasteiger partial charge in [-0.2, -0.15) is 0 Å². The van der Waals surface area contributed by atoms with Crippen molar-refractivity contribution in [3.63, 3.8) is 0 Å². The SMILES string of the molecule is Cc1ncnc2c1ccn2[C@H]1C=C[C@@H](Oc2ccc(Cl)cc2C(=O)CNC(=O)O)C1. The lowest BCUT2D eigenvalue weighted by molar-refractivity contribution is 0.0981. The Labute approximate surface area is 177 Å². The highest BCUT2D eigenvalue weighted by atomic mass is 35.5. The first-order valence-electron chi connectivity index (χ1n) is 9.35. The van der Waals surface area contributed by atoms with Crippen molar-refractivity contribution in [1.29, 1.82) is 0 Å². The molecule has 0 saturated heterocycles. The number of carboxylic acid groups (broad SMARTS) is 1. The number of carbonyl (C=O) groups is 2. The predicted octanol–water partition coefficient (Wildman–Crippen LogP) is 3.79. The average molecular weight is 427 g/mol. The average Bonchev–Trinajstić information content (AvgIpc) is 3.35. The van der Waals surface area contributed by atoms with E-state index in [9.17, 15) is 9.59 Å². The molecule has 154 valence electrons. The monoisotopic (exact) mass is 426 g/mol. The number of nitrogens with one attached hydrogen (secondary N) is 1. The number of aromatic nitrogens is 3. The van der Waals surface area contributed by atoms with Crippen LogP contribution in [0.2, 0.25) is 5.02 Å². The summed E-state index contributed by atoms with van der Waals surface area (Å²) in [6, 6.07) is 6.80. The van der Waals surface area contributed by atoms with Gasteiger partial charge in [0, 0.05) is 23.0 Å². The Balaban J connectivity index is 1.51. The van der Waals surface area contributed by atoms with Crippen LogP contribution >= 0.6 is 11.6 Å². The van der Waals surface area contributed by atoms with Crippen LogP contribution in [0.25, 0.3) is 11.0 Å². The molecule has 2 N–H and O–H groups in total. The Hall–Kier alpha value is -3.39. The van der Waals surface area contributed by atoms with Crippen molar-refractivity contribution in [2.24, 2.45) is 0 Å². The molecule has 0 saturated carbocycles. The number of Topliss-reactive ketones (excluding diaryl/α,β-unsaturated/α-hetero) is 1. The molecule has 2 heterocycles. The number of allylic oxidation sites excluding steroid dienone is 1. The van der Waals surface area contributed by atoms with Gasteiger partial charge in [0.15, 0.2) is 5.78 Å². The van der Waals surface area contributed by atoms with E-state index in [-0.39, 0.29) is 24.3 Å². The van der Waals surface area contributed by atoms with Gasteiger partial charge in [0.05, 0.1) is 23.8 Å². The van der Waals surface area contributed by atoms with Crippen LogP contribution in [0.5, 0.6) is 5.75 Å². The smallest absolute Gasteiger partial charge is 0.405 e. The molecule has 2 aromatic heterocycles. The first-order chi connectivity index (χ1) is 14.4. The molecule has 0 aliphatic heterocycles. The Morgan fingerprint density at radius 1 is 1.30 bits per heavy atom. The predicted molar refractivity (Wildman–Crippen MR) is 111 cm³/mol. The number of halogens is 1. The third-order valence-electron chi connectivity index (χ3n) is 5.01. The molecular weight excluding hydrogens is 408 g/mol. The fourth-order valence-corrected chi connectivity index (χ4v) is 3.72. The molecule has 1 aliphatic carbocycles. The Morgan fingerprint density at radius 2 is 2.13 bits per heavy atom. The zero-order chi connectivity index (χ0) is 21.3. The topological polar surface area (TPSA) is 106 Å². The standard InChI is InChI=1S/C21H19ClN4O4/c1-12-16-6-7-26(20(16)25-11-24-12)14-3-4-15(9-14)30-19-5-2-13(22)8-17(19)18(27)10-23-21(28)29/h2-8,11,14-15,23H,9-10H2,1H3,(H,28,29)/t14-,15+/m0/s1. The number of nitrogens with zero attached hydrogens (tertiary/aromatic N) is 3. The van der Waals surface area contributed by atoms with E-state index in [4.69, 9.17) is 21.4 Å². The molecule has 0 unspecified atom stereocenters. The van der Waals surface area contributed by atoms with Gasteiger partial charge in [-0.3, -0.25) is 4.79 Å². The molecule has 4 rings (SSSR count). The second-order valence-electron chi connectivity index (χ2n) is 6.99. The van der Waals surface area contributed by atoms with Gasteiger partial charge in [-0.05, 0) is 37.3 Å². The van der Waals surface area contributed by atoms with Gasteiger partial charge in [0.1, 0.15) is 23.8 Å². The van der Waals surface area contributed by atoms with Crippen LogP contribution in [0.15, 0.2) is 48.9 Å². The van der Waals surface area contributed by atoms with Crippen LogP contribution < -0.4 is 10.1 Å². The lowest BCUT2D eigenvalue weighted by Crippen LogP contribution is -2.28. The summed E-state index contributed by atoms with van der Waals surface area (Å²) in [5, 5.41) is 12.2. The lowest BCUT2D eigenvalue weighted by Gasteiger charge is -2.18. The van der Waals surface area contributed by atoms with E-state index >= 15 is 0 Å². The number of ether oxygens (including phenoxy) is 1. The van der Waals surface area contributed by atoms with Crippen LogP contribution in [0.3, 0.4) is 0 Å². The van der Waals surface area contributed by atoms with Crippen molar-refractivity contribution in [1.82, 2.24) is 19.9 Å². The van der Waals surface area contributed by atoms with E-state index < -0.39 is 11.9 Å². The number of ketones is 1. The zero-order valence-electron chi connectivity index (χ0n) is 16.1. The highest BCUT2D eigenvalue weighted by Crippen LogP contribution is 2.32. The molecule has 1 aromatic carbocycles. The summed E-state index contributed by atoms with van der Waals surface area (Å²) in [5.74, 6) is -0.0561. The van der Waals surface area contributed by atoms with Crippen LogP contribution in [0.1, 0.15) is 28.5 Å². The molecule has 1 amide bonds. The molecular formula is C21H19ClN4O4. The third kappa shape index (κ3) is 3.99. The Bertz CT molecular complexity index is 1160. The number of carbonyl (C=O) groups excluding carboxylic acids is 1. The molecule has 0 radical (unpaired) electrons. The normalized spacial score (nSPS) is 17.9. The molecule has 0 spiro atoms. The molecule has 2 atom stereocenters. The van der Waals surface area contributed by atoms with E-state index in [1.54, 1.807) is 18.5 Å². The fraction of sp³-hybridized carbons (Fsp3) is 0.238. The van der Waals surface area contributed by atoms with Crippen molar-refractivity contribution in [3.05, 3.63) is 65.2 Å². The maximum Gasteiger partial charge on any atom is 0.405 e. The third-order valence-corrected chi connectivity index (χ3v) is 5.24. The second-order valence-corrected chi connectivity index (χ2v) is 7.42. The number of hydrogen-bond donors (Lipinski definition) is 2. The van der Waals surface area contributed by atoms with Gasteiger partial charge in [0.2, 0.25) is 0 Å². The van der Waals surface area contributed by atoms with E-state index in [1.165, 1.54) is 6.07 Å². The van der Waals surface area contributed by atoms with E-state index in [2.05, 4.69) is 19.9 Å². The maximum atomic E-state index is 12.4. The molecule has 0 bridgehead atoms. The van der Waals surface area contributed by atoms with E-state index in [0.717, 1.165) is 16.7 Å². The first-order valence-corrected chi connectivity index (χ1v) is 9.73. The summed E-state index contributed by atoms with van der Waals surface area (Å²) in [6.07, 6.45) is 6.67. The van der Waals surface area contributed by atoms with Gasteiger partial charge >= 0.3 is 6.09 Å². The van der Waals surface area contributed by atoms with Crippen molar-refractivity contribution in [2.45, 2.75) is 25.5 Å². The summed E-state index contributed by atoms with van der Waals surface area (Å²) in [5.41, 5.74) is 2.02. The van der Waals surface area contributed by atoms with Gasteiger partial charge in [-0.25, -0.2) is 14.8 Å². The summed E-state index contributed by atoms with van der Waals surface area (Å²) < 4.78 is 8.14. The number of hydrogen-bond acceptors (Lipinski definition) is 5. The molecule has 0 fully saturated rings. The fourth-order valence-electron chi connectivity index (χ4n) is 3.54. The molecule has 9 heteroatoms. The summed E-state index contributed by atoms with van der Waals surface area (Å²) >= 11 is 6.03. The number of benzene rings is 1. The minimum atomic E-state index is -1.27. The van der Waals surface area contributed by atoms with Crippen molar-refractivity contribution in [2.75, 3.05) is 6.54 Å². The number of rotatable bonds is 6. The van der Waals surface area contributed by atoms with Crippen molar-refractivity contribution < 1.29 is 19.4 Å². The van der Waals surface area contributed by atoms with Crippen molar-refractivity contribution >= 4 is 34.5 Å². The van der Waals surface area contributed by atoms with Gasteiger partial charge in [-0.1, -0.05) is 17.7 Å². The highest BCUT2D eigenvalue weighted by molar-refractivity contribution is 6.31. The second kappa shape index (κ2) is 8.16. The molecule has 1 aliphatic rings. The van der Waals surface area contributed by atoms with Crippen LogP contribution in [-0.4, -0.2) is 44.2 Å². The minimum Gasteiger partial charge on any atom is -0.486 e. The maximum absolute atomic E-state index is 12.4. The van der Waals surface area contributed by atoms with E-state index in [1.807, 2.05) is 31.3 Å². The number of amides is 1. The molecule has 8 nitrogen and oxygen atoms in total. The first kappa shape index (κ1) is 19.9.